The van der Waals surface area contributed by atoms with Gasteiger partial charge in [0.1, 0.15) is 37.9 Å². The molecule has 0 aliphatic carbocycles. The molecule has 13 heteroatoms. The van der Waals surface area contributed by atoms with Crippen LogP contribution < -0.4 is 20.0 Å². The molecule has 3 aromatic carbocycles. The number of anilines is 2. The Morgan fingerprint density at radius 2 is 1.21 bits per heavy atom. The first kappa shape index (κ1) is 57.1. The first-order valence-electron chi connectivity index (χ1n) is 24.0. The van der Waals surface area contributed by atoms with Crippen molar-refractivity contribution in [2.45, 2.75) is 143 Å². The number of benzene rings is 3. The van der Waals surface area contributed by atoms with Crippen LogP contribution in [0, 0.1) is 5.41 Å². The highest BCUT2D eigenvalue weighted by Crippen LogP contribution is 2.34. The van der Waals surface area contributed by atoms with Crippen molar-refractivity contribution in [3.63, 3.8) is 0 Å². The highest BCUT2D eigenvalue weighted by molar-refractivity contribution is 6.51. The van der Waals surface area contributed by atoms with E-state index < -0.39 is 34.3 Å². The van der Waals surface area contributed by atoms with Gasteiger partial charge in [-0.25, -0.2) is 4.79 Å². The second-order valence-electron chi connectivity index (χ2n) is 19.7. The largest absolute Gasteiger partial charge is 0.486 e. The third kappa shape index (κ3) is 18.6. The van der Waals surface area contributed by atoms with Gasteiger partial charge in [-0.1, -0.05) is 45.2 Å². The average Bonchev–Trinajstić information content (AvgIpc) is 3.30. The van der Waals surface area contributed by atoms with Crippen LogP contribution in [0.5, 0.6) is 5.75 Å². The van der Waals surface area contributed by atoms with Gasteiger partial charge >= 0.3 is 5.97 Å². The number of rotatable bonds is 32. The molecule has 0 aliphatic heterocycles. The number of esters is 1. The highest BCUT2D eigenvalue weighted by atomic mass is 16.6. The Balaban J connectivity index is 1.70. The van der Waals surface area contributed by atoms with Crippen LogP contribution in [0.25, 0.3) is 0 Å². The van der Waals surface area contributed by atoms with Crippen molar-refractivity contribution in [3.05, 3.63) is 83.9 Å². The van der Waals surface area contributed by atoms with Gasteiger partial charge in [0.15, 0.2) is 11.6 Å². The minimum atomic E-state index is -1.02. The molecule has 0 amide bonds. The molecule has 0 saturated heterocycles. The zero-order valence-electron chi connectivity index (χ0n) is 43.5. The predicted octanol–water partition coefficient (Wildman–Crippen LogP) is 9.43. The number of nitrogens with zero attached hydrogens (tertiary/aromatic N) is 2. The van der Waals surface area contributed by atoms with Crippen LogP contribution in [0.15, 0.2) is 72.8 Å². The summed E-state index contributed by atoms with van der Waals surface area (Å²) in [4.78, 5) is 43.6. The summed E-state index contributed by atoms with van der Waals surface area (Å²) < 4.78 is 44.2. The summed E-state index contributed by atoms with van der Waals surface area (Å²) in [6, 6.07) is 22.5. The lowest BCUT2D eigenvalue weighted by molar-refractivity contribution is -0.163. The number of hydrogen-bond acceptors (Lipinski definition) is 12. The lowest BCUT2D eigenvalue weighted by Gasteiger charge is -2.41. The molecule has 371 valence electrons. The van der Waals surface area contributed by atoms with E-state index >= 15 is 0 Å². The monoisotopic (exact) mass is 930 g/mol. The number of hydrogen-bond donors (Lipinski definition) is 0. The van der Waals surface area contributed by atoms with E-state index in [-0.39, 0.29) is 50.2 Å². The average molecular weight is 930 g/mol. The van der Waals surface area contributed by atoms with Crippen LogP contribution in [-0.2, 0) is 33.2 Å². The van der Waals surface area contributed by atoms with E-state index in [1.807, 2.05) is 161 Å². The van der Waals surface area contributed by atoms with Crippen LogP contribution in [-0.4, -0.2) is 128 Å². The topological polar surface area (TPSA) is 122 Å². The Morgan fingerprint density at radius 3 is 1.73 bits per heavy atom. The van der Waals surface area contributed by atoms with Gasteiger partial charge in [-0.15, -0.1) is 0 Å². The van der Waals surface area contributed by atoms with Crippen LogP contribution in [0.4, 0.5) is 11.4 Å². The standard InChI is InChI=1S/C54H82BN2O10/c1-16-52(9,32-39(4)62-34-47(58)35-63-48-29-23-44(55-11)24-30-48)65-38-54(18-3,36-61-33-41(6)66-50(60)43-21-27-46(28-22-43)57(14)15)37-64-51(7,8)31-40(5)67-53(10,17-2)49(59)42-19-25-45(26-20-42)56(12)13/h19-30,39-41H,16-18,31-38H2,1-15H3. The maximum atomic E-state index is 13.8. The summed E-state index contributed by atoms with van der Waals surface area (Å²) in [5.74, 6) is 0.00885. The third-order valence-corrected chi connectivity index (χ3v) is 12.6. The van der Waals surface area contributed by atoms with Gasteiger partial charge in [0.2, 0.25) is 0 Å². The van der Waals surface area contributed by atoms with E-state index in [1.54, 1.807) is 12.1 Å². The maximum absolute atomic E-state index is 13.8. The SMILES string of the molecule is C[B]c1ccc(OCC(=O)COC(C)CC(C)(CC)OCC(CC)(COCC(C)OC(=O)c2ccc(N(C)C)cc2)COC(C)(C)CC(C)OC(C)(CC)C(=O)c2ccc(N(C)C)cc2)cc1. The smallest absolute Gasteiger partial charge is 0.338 e. The molecule has 0 aromatic heterocycles. The molecule has 0 heterocycles. The van der Waals surface area contributed by atoms with Crippen molar-refractivity contribution in [2.75, 3.05) is 77.6 Å². The Morgan fingerprint density at radius 1 is 0.642 bits per heavy atom. The Kier molecular flexibility index (Phi) is 22.5. The van der Waals surface area contributed by atoms with E-state index in [4.69, 9.17) is 33.2 Å². The van der Waals surface area contributed by atoms with Crippen molar-refractivity contribution >= 4 is 41.7 Å². The number of ether oxygens (including phenoxy) is 7. The Labute approximate surface area is 403 Å². The molecule has 0 spiro atoms. The van der Waals surface area contributed by atoms with Crippen LogP contribution in [0.1, 0.15) is 122 Å². The molecule has 6 unspecified atom stereocenters. The summed E-state index contributed by atoms with van der Waals surface area (Å²) in [6.45, 7) is 22.8. The van der Waals surface area contributed by atoms with Crippen molar-refractivity contribution in [2.24, 2.45) is 5.41 Å². The fourth-order valence-corrected chi connectivity index (χ4v) is 7.65. The lowest BCUT2D eigenvalue weighted by Crippen LogP contribution is -2.46. The van der Waals surface area contributed by atoms with Gasteiger partial charge in [-0.05, 0) is 128 Å². The van der Waals surface area contributed by atoms with Crippen LogP contribution in [0.3, 0.4) is 0 Å². The Hall–Kier alpha value is -4.27. The molecule has 12 nitrogen and oxygen atoms in total. The van der Waals surface area contributed by atoms with Gasteiger partial charge in [-0.3, -0.25) is 9.59 Å². The zero-order valence-corrected chi connectivity index (χ0v) is 43.5. The van der Waals surface area contributed by atoms with E-state index in [1.165, 1.54) is 0 Å². The molecule has 0 fully saturated rings. The fourth-order valence-electron chi connectivity index (χ4n) is 7.65. The number of Topliss-reactive ketones (excluding diaryl/α,β-unsaturated/α-hetero) is 2. The highest BCUT2D eigenvalue weighted by Gasteiger charge is 2.39. The van der Waals surface area contributed by atoms with Gasteiger partial charge in [0, 0.05) is 63.4 Å². The normalized spacial score (nSPS) is 15.8. The molecule has 0 N–H and O–H groups in total. The van der Waals surface area contributed by atoms with Crippen LogP contribution >= 0.6 is 0 Å². The van der Waals surface area contributed by atoms with E-state index in [9.17, 15) is 14.4 Å². The molecular formula is C54H82BN2O10. The molecule has 6 atom stereocenters. The summed E-state index contributed by atoms with van der Waals surface area (Å²) >= 11 is 0. The maximum Gasteiger partial charge on any atom is 0.338 e. The van der Waals surface area contributed by atoms with Gasteiger partial charge in [0.05, 0.1) is 55.4 Å². The first-order chi connectivity index (χ1) is 31.5. The quantitative estimate of drug-likeness (QED) is 0.0337. The molecule has 0 saturated carbocycles. The van der Waals surface area contributed by atoms with Crippen LogP contribution in [0.2, 0.25) is 6.82 Å². The molecule has 1 radical (unpaired) electrons. The number of carbonyl (C=O) groups excluding carboxylic acids is 3. The number of ketones is 2. The van der Waals surface area contributed by atoms with E-state index in [2.05, 4.69) is 20.8 Å². The summed E-state index contributed by atoms with van der Waals surface area (Å²) in [7, 11) is 9.83. The number of carbonyl (C=O) groups is 3. The second kappa shape index (κ2) is 26.5. The fraction of sp³-hybridized carbons (Fsp3) is 0.611. The predicted molar refractivity (Wildman–Crippen MR) is 271 cm³/mol. The van der Waals surface area contributed by atoms with Gasteiger partial charge in [-0.2, -0.15) is 0 Å². The van der Waals surface area contributed by atoms with Crippen molar-refractivity contribution < 1.29 is 47.5 Å². The van der Waals surface area contributed by atoms with Gasteiger partial charge < -0.3 is 43.0 Å². The van der Waals surface area contributed by atoms with Gasteiger partial charge in [0.25, 0.3) is 0 Å². The van der Waals surface area contributed by atoms with Crippen molar-refractivity contribution in [3.8, 4) is 5.75 Å². The molecule has 3 aromatic rings. The summed E-state index contributed by atoms with van der Waals surface area (Å²) in [5, 5.41) is 0. The molecular weight excluding hydrogens is 847 g/mol. The molecule has 0 aliphatic rings. The van der Waals surface area contributed by atoms with Crippen molar-refractivity contribution in [1.29, 1.82) is 0 Å². The third-order valence-electron chi connectivity index (χ3n) is 12.6. The lowest BCUT2D eigenvalue weighted by atomic mass is 9.73. The van der Waals surface area contributed by atoms with E-state index in [0.29, 0.717) is 62.2 Å². The minimum absolute atomic E-state index is 0.0563. The minimum Gasteiger partial charge on any atom is -0.486 e. The first-order valence-corrected chi connectivity index (χ1v) is 24.0. The summed E-state index contributed by atoms with van der Waals surface area (Å²) in [6.07, 6.45) is 1.84. The summed E-state index contributed by atoms with van der Waals surface area (Å²) in [5.41, 5.74) is 1.30. The van der Waals surface area contributed by atoms with E-state index in [0.717, 1.165) is 16.8 Å². The van der Waals surface area contributed by atoms with Crippen molar-refractivity contribution in [1.82, 2.24) is 0 Å². The molecule has 67 heavy (non-hydrogen) atoms. The molecule has 0 bridgehead atoms. The second-order valence-corrected chi connectivity index (χ2v) is 19.7. The Bertz CT molecular complexity index is 1960. The molecule has 3 rings (SSSR count). The zero-order chi connectivity index (χ0) is 50.0.